The van der Waals surface area contributed by atoms with Crippen LogP contribution in [0.25, 0.3) is 0 Å². The molecule has 0 fully saturated rings. The number of nitrogens with zero attached hydrogens (tertiary/aromatic N) is 1. The summed E-state index contributed by atoms with van der Waals surface area (Å²) in [6, 6.07) is 0. The number of amides is 1. The molecule has 0 unspecified atom stereocenters. The molecular formula is C11H20ClN3O2S. The quantitative estimate of drug-likeness (QED) is 0.748. The number of rotatable bonds is 7. The summed E-state index contributed by atoms with van der Waals surface area (Å²) in [7, 11) is 0. The molecule has 0 spiro atoms. The van der Waals surface area contributed by atoms with Crippen LogP contribution in [-0.2, 0) is 11.3 Å². The Bertz CT molecular complexity index is 358. The first-order chi connectivity index (χ1) is 8.13. The van der Waals surface area contributed by atoms with Gasteiger partial charge in [-0.2, -0.15) is 0 Å². The lowest BCUT2D eigenvalue weighted by molar-refractivity contribution is 0.0756. The number of nitrogens with one attached hydrogen (secondary N) is 1. The summed E-state index contributed by atoms with van der Waals surface area (Å²) in [5, 5.41) is 5.30. The fraction of sp³-hybridized carbons (Fsp3) is 0.636. The second-order valence-electron chi connectivity index (χ2n) is 3.86. The Hall–Kier alpha value is -0.690. The van der Waals surface area contributed by atoms with E-state index in [0.29, 0.717) is 25.4 Å². The van der Waals surface area contributed by atoms with E-state index in [1.165, 1.54) is 11.3 Å². The number of thiazole rings is 1. The summed E-state index contributed by atoms with van der Waals surface area (Å²) in [6.45, 7) is 5.61. The number of ether oxygens (including phenoxy) is 1. The predicted octanol–water partition coefficient (Wildman–Crippen LogP) is 1.57. The van der Waals surface area contributed by atoms with E-state index in [-0.39, 0.29) is 24.4 Å². The maximum atomic E-state index is 11.6. The Morgan fingerprint density at radius 2 is 2.33 bits per heavy atom. The lowest BCUT2D eigenvalue weighted by atomic mass is 10.4. The number of carbonyl (C=O) groups excluding carboxylic acids is 1. The summed E-state index contributed by atoms with van der Waals surface area (Å²) in [5.74, 6) is -0.148. The van der Waals surface area contributed by atoms with Crippen LogP contribution < -0.4 is 11.1 Å². The van der Waals surface area contributed by atoms with Crippen LogP contribution in [0.15, 0.2) is 5.38 Å². The van der Waals surface area contributed by atoms with Crippen molar-refractivity contribution in [1.82, 2.24) is 10.3 Å². The van der Waals surface area contributed by atoms with Gasteiger partial charge in [0.2, 0.25) is 0 Å². The Morgan fingerprint density at radius 3 is 2.89 bits per heavy atom. The SMILES string of the molecule is CC(C)OCCCNC(=O)c1csc(CN)n1.Cl. The molecule has 0 aliphatic rings. The zero-order valence-electron chi connectivity index (χ0n) is 10.6. The van der Waals surface area contributed by atoms with Crippen molar-refractivity contribution in [3.8, 4) is 0 Å². The second-order valence-corrected chi connectivity index (χ2v) is 4.80. The first-order valence-electron chi connectivity index (χ1n) is 5.67. The molecule has 0 saturated carbocycles. The number of carbonyl (C=O) groups is 1. The van der Waals surface area contributed by atoms with Gasteiger partial charge in [-0.25, -0.2) is 4.98 Å². The highest BCUT2D eigenvalue weighted by molar-refractivity contribution is 7.09. The number of hydrogen-bond donors (Lipinski definition) is 2. The zero-order valence-corrected chi connectivity index (χ0v) is 12.3. The lowest BCUT2D eigenvalue weighted by Gasteiger charge is -2.07. The summed E-state index contributed by atoms with van der Waals surface area (Å²) < 4.78 is 5.37. The highest BCUT2D eigenvalue weighted by Gasteiger charge is 2.09. The molecule has 18 heavy (non-hydrogen) atoms. The molecule has 0 saturated heterocycles. The monoisotopic (exact) mass is 293 g/mol. The van der Waals surface area contributed by atoms with E-state index in [1.54, 1.807) is 5.38 Å². The molecule has 104 valence electrons. The molecule has 3 N–H and O–H groups in total. The standard InChI is InChI=1S/C11H19N3O2S.ClH/c1-8(2)16-5-3-4-13-11(15)9-7-17-10(6-12)14-9;/h7-8H,3-6,12H2,1-2H3,(H,13,15);1H. The van der Waals surface area contributed by atoms with Crippen LogP contribution in [0.2, 0.25) is 0 Å². The molecule has 0 aromatic carbocycles. The molecular weight excluding hydrogens is 274 g/mol. The Morgan fingerprint density at radius 1 is 1.61 bits per heavy atom. The average Bonchev–Trinajstić information content (AvgIpc) is 2.76. The molecule has 1 aromatic heterocycles. The third-order valence-corrected chi connectivity index (χ3v) is 2.89. The molecule has 0 aliphatic heterocycles. The van der Waals surface area contributed by atoms with E-state index < -0.39 is 0 Å². The lowest BCUT2D eigenvalue weighted by Crippen LogP contribution is -2.26. The van der Waals surface area contributed by atoms with Crippen LogP contribution in [0, 0.1) is 0 Å². The first kappa shape index (κ1) is 17.3. The molecule has 1 heterocycles. The van der Waals surface area contributed by atoms with Crippen molar-refractivity contribution in [3.05, 3.63) is 16.1 Å². The highest BCUT2D eigenvalue weighted by Crippen LogP contribution is 2.08. The van der Waals surface area contributed by atoms with Crippen LogP contribution in [0.4, 0.5) is 0 Å². The van der Waals surface area contributed by atoms with Crippen molar-refractivity contribution < 1.29 is 9.53 Å². The van der Waals surface area contributed by atoms with E-state index in [1.807, 2.05) is 13.8 Å². The molecule has 0 aliphatic carbocycles. The van der Waals surface area contributed by atoms with Gasteiger partial charge >= 0.3 is 0 Å². The minimum absolute atomic E-state index is 0. The topological polar surface area (TPSA) is 77.2 Å². The van der Waals surface area contributed by atoms with Gasteiger partial charge in [0.1, 0.15) is 10.7 Å². The third-order valence-electron chi connectivity index (χ3n) is 2.02. The Balaban J connectivity index is 0.00000289. The number of hydrogen-bond acceptors (Lipinski definition) is 5. The molecule has 1 aromatic rings. The molecule has 1 rings (SSSR count). The molecule has 1 amide bonds. The first-order valence-corrected chi connectivity index (χ1v) is 6.55. The van der Waals surface area contributed by atoms with Gasteiger partial charge in [0.25, 0.3) is 5.91 Å². The Labute approximate surface area is 118 Å². The predicted molar refractivity (Wildman–Crippen MR) is 75.3 cm³/mol. The van der Waals surface area contributed by atoms with Crippen LogP contribution >= 0.6 is 23.7 Å². The van der Waals surface area contributed by atoms with E-state index in [0.717, 1.165) is 11.4 Å². The van der Waals surface area contributed by atoms with Gasteiger partial charge < -0.3 is 15.8 Å². The summed E-state index contributed by atoms with van der Waals surface area (Å²) >= 11 is 1.40. The summed E-state index contributed by atoms with van der Waals surface area (Å²) in [4.78, 5) is 15.7. The summed E-state index contributed by atoms with van der Waals surface area (Å²) in [6.07, 6.45) is 1.04. The second kappa shape index (κ2) is 9.27. The van der Waals surface area contributed by atoms with Gasteiger partial charge in [-0.15, -0.1) is 23.7 Å². The highest BCUT2D eigenvalue weighted by atomic mass is 35.5. The minimum Gasteiger partial charge on any atom is -0.379 e. The average molecular weight is 294 g/mol. The zero-order chi connectivity index (χ0) is 12.7. The van der Waals surface area contributed by atoms with Gasteiger partial charge in [0, 0.05) is 25.1 Å². The smallest absolute Gasteiger partial charge is 0.270 e. The fourth-order valence-corrected chi connectivity index (χ4v) is 1.85. The molecule has 7 heteroatoms. The van der Waals surface area contributed by atoms with E-state index in [4.69, 9.17) is 10.5 Å². The number of aromatic nitrogens is 1. The maximum Gasteiger partial charge on any atom is 0.270 e. The van der Waals surface area contributed by atoms with E-state index in [2.05, 4.69) is 10.3 Å². The van der Waals surface area contributed by atoms with Crippen LogP contribution in [-0.4, -0.2) is 30.1 Å². The fourth-order valence-electron chi connectivity index (χ4n) is 1.19. The van der Waals surface area contributed by atoms with Gasteiger partial charge in [0.15, 0.2) is 0 Å². The van der Waals surface area contributed by atoms with Crippen LogP contribution in [0.1, 0.15) is 35.8 Å². The van der Waals surface area contributed by atoms with Gasteiger partial charge in [0.05, 0.1) is 6.10 Å². The van der Waals surface area contributed by atoms with Crippen molar-refractivity contribution in [1.29, 1.82) is 0 Å². The minimum atomic E-state index is -0.148. The van der Waals surface area contributed by atoms with Crippen molar-refractivity contribution >= 4 is 29.7 Å². The van der Waals surface area contributed by atoms with Crippen molar-refractivity contribution in [2.24, 2.45) is 5.73 Å². The van der Waals surface area contributed by atoms with Gasteiger partial charge in [-0.1, -0.05) is 0 Å². The Kier molecular flexibility index (Phi) is 8.91. The normalized spacial score (nSPS) is 10.2. The number of nitrogens with two attached hydrogens (primary N) is 1. The van der Waals surface area contributed by atoms with Crippen molar-refractivity contribution in [3.63, 3.8) is 0 Å². The summed E-state index contributed by atoms with van der Waals surface area (Å²) in [5.41, 5.74) is 5.88. The van der Waals surface area contributed by atoms with Gasteiger partial charge in [-0.05, 0) is 20.3 Å². The van der Waals surface area contributed by atoms with Crippen LogP contribution in [0.3, 0.4) is 0 Å². The molecule has 5 nitrogen and oxygen atoms in total. The third kappa shape index (κ3) is 6.30. The largest absolute Gasteiger partial charge is 0.379 e. The van der Waals surface area contributed by atoms with Crippen molar-refractivity contribution in [2.75, 3.05) is 13.2 Å². The van der Waals surface area contributed by atoms with Crippen LogP contribution in [0.5, 0.6) is 0 Å². The van der Waals surface area contributed by atoms with Crippen molar-refractivity contribution in [2.45, 2.75) is 32.9 Å². The molecule has 0 radical (unpaired) electrons. The number of halogens is 1. The van der Waals surface area contributed by atoms with Gasteiger partial charge in [-0.3, -0.25) is 4.79 Å². The van der Waals surface area contributed by atoms with E-state index >= 15 is 0 Å². The molecule has 0 atom stereocenters. The van der Waals surface area contributed by atoms with E-state index in [9.17, 15) is 4.79 Å². The maximum absolute atomic E-state index is 11.6. The molecule has 0 bridgehead atoms.